The zero-order chi connectivity index (χ0) is 22.9. The fourth-order valence-electron chi connectivity index (χ4n) is 4.57. The standard InChI is InChI=1S/C24H29ClN2O4S/c1-18-3-8-22(17-19(18)2)32(29,30)27-13-11-26(12-14-27)23(28)24(9-15-31-16-10-24)20-4-6-21(25)7-5-20/h3-8,17H,9-16H2,1-2H3. The summed E-state index contributed by atoms with van der Waals surface area (Å²) in [6.45, 7) is 6.24. The lowest BCUT2D eigenvalue weighted by Gasteiger charge is -2.42. The molecule has 2 aromatic rings. The Bertz CT molecular complexity index is 1090. The molecule has 0 spiro atoms. The number of aryl methyl sites for hydroxylation is 2. The number of rotatable bonds is 4. The van der Waals surface area contributed by atoms with Crippen LogP contribution in [0.4, 0.5) is 0 Å². The summed E-state index contributed by atoms with van der Waals surface area (Å²) >= 11 is 6.07. The molecule has 2 saturated heterocycles. The number of nitrogens with zero attached hydrogens (tertiary/aromatic N) is 2. The van der Waals surface area contributed by atoms with Crippen LogP contribution in [0.25, 0.3) is 0 Å². The largest absolute Gasteiger partial charge is 0.381 e. The highest BCUT2D eigenvalue weighted by Gasteiger charge is 2.45. The monoisotopic (exact) mass is 476 g/mol. The average Bonchev–Trinajstić information content (AvgIpc) is 2.81. The first-order valence-electron chi connectivity index (χ1n) is 10.9. The number of carbonyl (C=O) groups excluding carboxylic acids is 1. The van der Waals surface area contributed by atoms with Gasteiger partial charge in [-0.2, -0.15) is 4.31 Å². The van der Waals surface area contributed by atoms with Gasteiger partial charge in [0.15, 0.2) is 0 Å². The zero-order valence-corrected chi connectivity index (χ0v) is 20.1. The van der Waals surface area contributed by atoms with Crippen molar-refractivity contribution < 1.29 is 17.9 Å². The molecule has 1 amide bonds. The smallest absolute Gasteiger partial charge is 0.243 e. The maximum Gasteiger partial charge on any atom is 0.243 e. The van der Waals surface area contributed by atoms with E-state index >= 15 is 0 Å². The lowest BCUT2D eigenvalue weighted by molar-refractivity contribution is -0.142. The third-order valence-corrected chi connectivity index (χ3v) is 8.94. The molecule has 2 heterocycles. The van der Waals surface area contributed by atoms with Gasteiger partial charge in [-0.05, 0) is 67.6 Å². The van der Waals surface area contributed by atoms with Crippen molar-refractivity contribution >= 4 is 27.5 Å². The summed E-state index contributed by atoms with van der Waals surface area (Å²) in [4.78, 5) is 15.9. The summed E-state index contributed by atoms with van der Waals surface area (Å²) in [7, 11) is -3.59. The second kappa shape index (κ2) is 9.14. The van der Waals surface area contributed by atoms with E-state index in [1.807, 2.05) is 49.1 Å². The Morgan fingerprint density at radius 1 is 0.938 bits per heavy atom. The Morgan fingerprint density at radius 2 is 1.56 bits per heavy atom. The van der Waals surface area contributed by atoms with Gasteiger partial charge in [0, 0.05) is 44.4 Å². The lowest BCUT2D eigenvalue weighted by atomic mass is 9.73. The van der Waals surface area contributed by atoms with E-state index in [0.29, 0.717) is 49.1 Å². The summed E-state index contributed by atoms with van der Waals surface area (Å²) in [5.41, 5.74) is 2.30. The van der Waals surface area contributed by atoms with E-state index in [1.54, 1.807) is 12.1 Å². The zero-order valence-electron chi connectivity index (χ0n) is 18.5. The van der Waals surface area contributed by atoms with Gasteiger partial charge in [-0.25, -0.2) is 8.42 Å². The molecule has 0 bridgehead atoms. The molecule has 2 fully saturated rings. The molecule has 32 heavy (non-hydrogen) atoms. The van der Waals surface area contributed by atoms with Gasteiger partial charge in [-0.1, -0.05) is 29.8 Å². The molecule has 2 aliphatic heterocycles. The predicted molar refractivity (Wildman–Crippen MR) is 124 cm³/mol. The summed E-state index contributed by atoms with van der Waals surface area (Å²) in [6, 6.07) is 12.7. The minimum absolute atomic E-state index is 0.0475. The van der Waals surface area contributed by atoms with Crippen LogP contribution in [0.1, 0.15) is 29.5 Å². The van der Waals surface area contributed by atoms with Crippen molar-refractivity contribution in [1.82, 2.24) is 9.21 Å². The molecular weight excluding hydrogens is 448 g/mol. The Hall–Kier alpha value is -1.93. The summed E-state index contributed by atoms with van der Waals surface area (Å²) in [6.07, 6.45) is 1.21. The predicted octanol–water partition coefficient (Wildman–Crippen LogP) is 3.54. The van der Waals surface area contributed by atoms with Crippen molar-refractivity contribution in [3.8, 4) is 0 Å². The number of halogens is 1. The fraction of sp³-hybridized carbons (Fsp3) is 0.458. The normalized spacial score (nSPS) is 19.7. The number of hydrogen-bond acceptors (Lipinski definition) is 4. The Morgan fingerprint density at radius 3 is 2.16 bits per heavy atom. The fourth-order valence-corrected chi connectivity index (χ4v) is 6.21. The van der Waals surface area contributed by atoms with Gasteiger partial charge >= 0.3 is 0 Å². The first-order valence-corrected chi connectivity index (χ1v) is 12.8. The molecule has 0 unspecified atom stereocenters. The van der Waals surface area contributed by atoms with Crippen LogP contribution in [0.15, 0.2) is 47.4 Å². The topological polar surface area (TPSA) is 66.9 Å². The molecular formula is C24H29ClN2O4S. The van der Waals surface area contributed by atoms with E-state index in [0.717, 1.165) is 16.7 Å². The maximum atomic E-state index is 13.7. The SMILES string of the molecule is Cc1ccc(S(=O)(=O)N2CCN(C(=O)C3(c4ccc(Cl)cc4)CCOCC3)CC2)cc1C. The molecule has 0 saturated carbocycles. The molecule has 0 aromatic heterocycles. The van der Waals surface area contributed by atoms with Crippen LogP contribution in [0.3, 0.4) is 0 Å². The van der Waals surface area contributed by atoms with Gasteiger partial charge in [0.25, 0.3) is 0 Å². The number of amides is 1. The van der Waals surface area contributed by atoms with Crippen LogP contribution in [0.5, 0.6) is 0 Å². The molecule has 6 nitrogen and oxygen atoms in total. The van der Waals surface area contributed by atoms with Crippen molar-refractivity contribution in [3.05, 3.63) is 64.2 Å². The summed E-state index contributed by atoms with van der Waals surface area (Å²) in [5, 5.41) is 0.633. The lowest BCUT2D eigenvalue weighted by Crippen LogP contribution is -2.56. The molecule has 8 heteroatoms. The van der Waals surface area contributed by atoms with E-state index in [1.165, 1.54) is 4.31 Å². The molecule has 4 rings (SSSR count). The maximum absolute atomic E-state index is 13.7. The number of carbonyl (C=O) groups is 1. The minimum atomic E-state index is -3.59. The second-order valence-electron chi connectivity index (χ2n) is 8.64. The highest BCUT2D eigenvalue weighted by atomic mass is 35.5. The Labute approximate surface area is 195 Å². The first kappa shape index (κ1) is 23.2. The van der Waals surface area contributed by atoms with Gasteiger partial charge < -0.3 is 9.64 Å². The van der Waals surface area contributed by atoms with Crippen molar-refractivity contribution in [2.45, 2.75) is 37.0 Å². The van der Waals surface area contributed by atoms with Crippen LogP contribution >= 0.6 is 11.6 Å². The molecule has 0 radical (unpaired) electrons. The first-order chi connectivity index (χ1) is 15.2. The van der Waals surface area contributed by atoms with Gasteiger partial charge in [-0.3, -0.25) is 4.79 Å². The average molecular weight is 477 g/mol. The third kappa shape index (κ3) is 4.31. The van der Waals surface area contributed by atoms with Gasteiger partial charge in [-0.15, -0.1) is 0 Å². The Kier molecular flexibility index (Phi) is 6.63. The number of hydrogen-bond donors (Lipinski definition) is 0. The second-order valence-corrected chi connectivity index (χ2v) is 11.0. The van der Waals surface area contributed by atoms with Crippen molar-refractivity contribution in [3.63, 3.8) is 0 Å². The molecule has 0 aliphatic carbocycles. The molecule has 172 valence electrons. The Balaban J connectivity index is 1.51. The van der Waals surface area contributed by atoms with Crippen molar-refractivity contribution in [2.75, 3.05) is 39.4 Å². The van der Waals surface area contributed by atoms with Gasteiger partial charge in [0.1, 0.15) is 0 Å². The molecule has 0 atom stereocenters. The van der Waals surface area contributed by atoms with Crippen LogP contribution in [-0.2, 0) is 25.0 Å². The molecule has 2 aromatic carbocycles. The van der Waals surface area contributed by atoms with E-state index in [2.05, 4.69) is 0 Å². The third-order valence-electron chi connectivity index (χ3n) is 6.79. The summed E-state index contributed by atoms with van der Waals surface area (Å²) < 4.78 is 33.3. The number of piperazine rings is 1. The number of ether oxygens (including phenoxy) is 1. The highest BCUT2D eigenvalue weighted by molar-refractivity contribution is 7.89. The molecule has 2 aliphatic rings. The van der Waals surface area contributed by atoms with E-state index in [9.17, 15) is 13.2 Å². The quantitative estimate of drug-likeness (QED) is 0.677. The van der Waals surface area contributed by atoms with Crippen LogP contribution in [0.2, 0.25) is 5.02 Å². The van der Waals surface area contributed by atoms with Gasteiger partial charge in [0.2, 0.25) is 15.9 Å². The van der Waals surface area contributed by atoms with E-state index < -0.39 is 15.4 Å². The number of benzene rings is 2. The van der Waals surface area contributed by atoms with Crippen LogP contribution in [0, 0.1) is 13.8 Å². The van der Waals surface area contributed by atoms with Crippen LogP contribution < -0.4 is 0 Å². The van der Waals surface area contributed by atoms with Gasteiger partial charge in [0.05, 0.1) is 10.3 Å². The van der Waals surface area contributed by atoms with E-state index in [4.69, 9.17) is 16.3 Å². The van der Waals surface area contributed by atoms with E-state index in [-0.39, 0.29) is 19.0 Å². The molecule has 0 N–H and O–H groups in total. The van der Waals surface area contributed by atoms with Crippen LogP contribution in [-0.4, -0.2) is 62.9 Å². The number of sulfonamides is 1. The highest BCUT2D eigenvalue weighted by Crippen LogP contribution is 2.37. The minimum Gasteiger partial charge on any atom is -0.381 e. The summed E-state index contributed by atoms with van der Waals surface area (Å²) in [5.74, 6) is 0.0475. The van der Waals surface area contributed by atoms with Crippen molar-refractivity contribution in [1.29, 1.82) is 0 Å². The van der Waals surface area contributed by atoms with Crippen molar-refractivity contribution in [2.24, 2.45) is 0 Å².